The third-order valence-electron chi connectivity index (χ3n) is 3.42. The van der Waals surface area contributed by atoms with Crippen molar-refractivity contribution in [2.24, 2.45) is 0 Å². The molecule has 2 aromatic carbocycles. The molecular formula is C15H13BFNO3. The number of nitrogens with one attached hydrogen (secondary N) is 1. The number of carbonyl (C=O) groups is 1. The number of hydrogen-bond donors (Lipinski definition) is 2. The molecule has 0 saturated carbocycles. The van der Waals surface area contributed by atoms with Crippen LogP contribution in [0.4, 0.5) is 10.1 Å². The lowest BCUT2D eigenvalue weighted by molar-refractivity contribution is 0.102. The van der Waals surface area contributed by atoms with E-state index in [0.29, 0.717) is 23.3 Å². The first kappa shape index (κ1) is 13.8. The van der Waals surface area contributed by atoms with Gasteiger partial charge in [-0.05, 0) is 53.8 Å². The van der Waals surface area contributed by atoms with E-state index in [1.54, 1.807) is 12.1 Å². The maximum atomic E-state index is 12.8. The lowest BCUT2D eigenvalue weighted by atomic mass is 9.73. The van der Waals surface area contributed by atoms with E-state index in [9.17, 15) is 14.2 Å². The number of halogens is 1. The maximum Gasteiger partial charge on any atom is 0.491 e. The van der Waals surface area contributed by atoms with Crippen LogP contribution >= 0.6 is 0 Å². The van der Waals surface area contributed by atoms with Crippen LogP contribution in [0.25, 0.3) is 0 Å². The van der Waals surface area contributed by atoms with Gasteiger partial charge in [0.15, 0.2) is 0 Å². The van der Waals surface area contributed by atoms with Gasteiger partial charge in [-0.3, -0.25) is 4.79 Å². The second kappa shape index (κ2) is 5.67. The van der Waals surface area contributed by atoms with E-state index in [0.717, 1.165) is 12.0 Å². The first-order valence-corrected chi connectivity index (χ1v) is 6.63. The average Bonchev–Trinajstić information content (AvgIpc) is 2.49. The SMILES string of the molecule is O=C(Nc1ccc2c(c1)B(O)OCC2)c1ccc(F)cc1. The van der Waals surface area contributed by atoms with Gasteiger partial charge < -0.3 is 15.0 Å². The summed E-state index contributed by atoms with van der Waals surface area (Å²) in [6.45, 7) is 0.482. The van der Waals surface area contributed by atoms with E-state index in [4.69, 9.17) is 4.65 Å². The smallest absolute Gasteiger partial charge is 0.423 e. The Labute approximate surface area is 121 Å². The number of amides is 1. The van der Waals surface area contributed by atoms with Crippen LogP contribution in [0.15, 0.2) is 42.5 Å². The predicted molar refractivity (Wildman–Crippen MR) is 78.1 cm³/mol. The molecule has 3 rings (SSSR count). The molecule has 21 heavy (non-hydrogen) atoms. The minimum absolute atomic E-state index is 0.332. The zero-order valence-corrected chi connectivity index (χ0v) is 11.2. The Bertz CT molecular complexity index is 675. The predicted octanol–water partition coefficient (Wildman–Crippen LogP) is 1.34. The van der Waals surface area contributed by atoms with Gasteiger partial charge in [0.1, 0.15) is 5.82 Å². The zero-order chi connectivity index (χ0) is 14.8. The minimum Gasteiger partial charge on any atom is -0.423 e. The van der Waals surface area contributed by atoms with Crippen LogP contribution in [0.1, 0.15) is 15.9 Å². The van der Waals surface area contributed by atoms with Gasteiger partial charge >= 0.3 is 7.12 Å². The van der Waals surface area contributed by atoms with E-state index in [2.05, 4.69) is 5.32 Å². The van der Waals surface area contributed by atoms with Gasteiger partial charge in [0.05, 0.1) is 0 Å². The molecule has 0 aromatic heterocycles. The second-order valence-electron chi connectivity index (χ2n) is 4.85. The van der Waals surface area contributed by atoms with Crippen LogP contribution in [0, 0.1) is 5.82 Å². The number of anilines is 1. The van der Waals surface area contributed by atoms with Gasteiger partial charge in [-0.2, -0.15) is 0 Å². The second-order valence-corrected chi connectivity index (χ2v) is 4.85. The van der Waals surface area contributed by atoms with Crippen LogP contribution in [-0.2, 0) is 11.1 Å². The molecule has 2 N–H and O–H groups in total. The summed E-state index contributed by atoms with van der Waals surface area (Å²) in [5.74, 6) is -0.721. The van der Waals surface area contributed by atoms with E-state index in [1.807, 2.05) is 6.07 Å². The van der Waals surface area contributed by atoms with Crippen molar-refractivity contribution < 1.29 is 18.9 Å². The molecule has 4 nitrogen and oxygen atoms in total. The summed E-state index contributed by atoms with van der Waals surface area (Å²) in [7, 11) is -0.962. The van der Waals surface area contributed by atoms with Crippen LogP contribution in [-0.4, -0.2) is 24.7 Å². The summed E-state index contributed by atoms with van der Waals surface area (Å²) < 4.78 is 18.0. The minimum atomic E-state index is -0.962. The van der Waals surface area contributed by atoms with Gasteiger partial charge in [-0.15, -0.1) is 0 Å². The van der Waals surface area contributed by atoms with Crippen molar-refractivity contribution in [2.75, 3.05) is 11.9 Å². The molecule has 0 aliphatic carbocycles. The van der Waals surface area contributed by atoms with Gasteiger partial charge in [0.25, 0.3) is 5.91 Å². The van der Waals surface area contributed by atoms with Crippen molar-refractivity contribution in [3.05, 3.63) is 59.4 Å². The maximum absolute atomic E-state index is 12.8. The average molecular weight is 285 g/mol. The summed E-state index contributed by atoms with van der Waals surface area (Å²) in [5.41, 5.74) is 2.60. The molecule has 6 heteroatoms. The molecule has 2 aromatic rings. The van der Waals surface area contributed by atoms with E-state index in [1.165, 1.54) is 24.3 Å². The number of rotatable bonds is 2. The first-order chi connectivity index (χ1) is 10.1. The summed E-state index contributed by atoms with van der Waals surface area (Å²) in [4.78, 5) is 12.0. The van der Waals surface area contributed by atoms with Crippen LogP contribution in [0.3, 0.4) is 0 Å². The number of fused-ring (bicyclic) bond motifs is 1. The Morgan fingerprint density at radius 3 is 2.76 bits per heavy atom. The van der Waals surface area contributed by atoms with Gasteiger partial charge in [0.2, 0.25) is 0 Å². The summed E-state index contributed by atoms with van der Waals surface area (Å²) in [6, 6.07) is 10.6. The van der Waals surface area contributed by atoms with Crippen LogP contribution < -0.4 is 10.8 Å². The number of benzene rings is 2. The fourth-order valence-electron chi connectivity index (χ4n) is 2.31. The Morgan fingerprint density at radius 1 is 1.24 bits per heavy atom. The van der Waals surface area contributed by atoms with Crippen molar-refractivity contribution in [2.45, 2.75) is 6.42 Å². The molecule has 0 fully saturated rings. The standard InChI is InChI=1S/C15H13BFNO3/c17-12-4-1-11(2-5-12)15(19)18-13-6-3-10-7-8-21-16(20)14(10)9-13/h1-6,9,20H,7-8H2,(H,18,19). The summed E-state index contributed by atoms with van der Waals surface area (Å²) in [6.07, 6.45) is 0.735. The molecule has 0 radical (unpaired) electrons. The van der Waals surface area contributed by atoms with Crippen molar-refractivity contribution >= 4 is 24.2 Å². The Kier molecular flexibility index (Phi) is 3.73. The van der Waals surface area contributed by atoms with E-state index in [-0.39, 0.29) is 11.7 Å². The molecule has 0 atom stereocenters. The highest BCUT2D eigenvalue weighted by Crippen LogP contribution is 2.14. The van der Waals surface area contributed by atoms with E-state index < -0.39 is 7.12 Å². The molecule has 0 saturated heterocycles. The van der Waals surface area contributed by atoms with Gasteiger partial charge in [-0.25, -0.2) is 4.39 Å². The monoisotopic (exact) mass is 285 g/mol. The lowest BCUT2D eigenvalue weighted by Crippen LogP contribution is -2.41. The van der Waals surface area contributed by atoms with Crippen molar-refractivity contribution in [1.29, 1.82) is 0 Å². The molecule has 0 unspecified atom stereocenters. The first-order valence-electron chi connectivity index (χ1n) is 6.63. The van der Waals surface area contributed by atoms with E-state index >= 15 is 0 Å². The number of carbonyl (C=O) groups excluding carboxylic acids is 1. The Balaban J connectivity index is 1.80. The van der Waals surface area contributed by atoms with Gasteiger partial charge in [0, 0.05) is 17.9 Å². The molecule has 1 amide bonds. The zero-order valence-electron chi connectivity index (χ0n) is 11.2. The fraction of sp³-hybridized carbons (Fsp3) is 0.133. The van der Waals surface area contributed by atoms with Crippen molar-refractivity contribution in [1.82, 2.24) is 0 Å². The van der Waals surface area contributed by atoms with Crippen molar-refractivity contribution in [3.63, 3.8) is 0 Å². The van der Waals surface area contributed by atoms with Crippen LogP contribution in [0.2, 0.25) is 0 Å². The molecule has 1 aliphatic rings. The summed E-state index contributed by atoms with van der Waals surface area (Å²) in [5, 5.41) is 12.5. The quantitative estimate of drug-likeness (QED) is 0.819. The fourth-order valence-corrected chi connectivity index (χ4v) is 2.31. The topological polar surface area (TPSA) is 58.6 Å². The molecular weight excluding hydrogens is 272 g/mol. The molecule has 106 valence electrons. The largest absolute Gasteiger partial charge is 0.491 e. The lowest BCUT2D eigenvalue weighted by Gasteiger charge is -2.19. The number of hydrogen-bond acceptors (Lipinski definition) is 3. The molecule has 0 bridgehead atoms. The third kappa shape index (κ3) is 2.96. The van der Waals surface area contributed by atoms with Crippen LogP contribution in [0.5, 0.6) is 0 Å². The summed E-state index contributed by atoms with van der Waals surface area (Å²) >= 11 is 0. The normalized spacial score (nSPS) is 13.7. The van der Waals surface area contributed by atoms with Crippen molar-refractivity contribution in [3.8, 4) is 0 Å². The van der Waals surface area contributed by atoms with Gasteiger partial charge in [-0.1, -0.05) is 6.07 Å². The highest BCUT2D eigenvalue weighted by atomic mass is 19.1. The highest BCUT2D eigenvalue weighted by molar-refractivity contribution is 6.61. The molecule has 1 aliphatic heterocycles. The Morgan fingerprint density at radius 2 is 2.00 bits per heavy atom. The Hall–Kier alpha value is -2.18. The molecule has 1 heterocycles. The molecule has 0 spiro atoms. The third-order valence-corrected chi connectivity index (χ3v) is 3.42. The highest BCUT2D eigenvalue weighted by Gasteiger charge is 2.25.